The summed E-state index contributed by atoms with van der Waals surface area (Å²) in [6, 6.07) is 10.3. The second-order valence-corrected chi connectivity index (χ2v) is 9.49. The first-order valence-corrected chi connectivity index (χ1v) is 11.3. The van der Waals surface area contributed by atoms with Crippen LogP contribution in [0.25, 0.3) is 11.5 Å². The number of hydrogen-bond acceptors (Lipinski definition) is 7. The monoisotopic (exact) mass is 429 g/mol. The van der Waals surface area contributed by atoms with Crippen molar-refractivity contribution in [2.45, 2.75) is 19.0 Å². The van der Waals surface area contributed by atoms with Crippen molar-refractivity contribution in [2.75, 3.05) is 18.3 Å². The summed E-state index contributed by atoms with van der Waals surface area (Å²) in [6.07, 6.45) is 1.98. The topological polar surface area (TPSA) is 113 Å². The summed E-state index contributed by atoms with van der Waals surface area (Å²) in [7, 11) is -3.11. The van der Waals surface area contributed by atoms with Gasteiger partial charge >= 0.3 is 0 Å². The van der Waals surface area contributed by atoms with Crippen molar-refractivity contribution in [3.05, 3.63) is 53.9 Å². The van der Waals surface area contributed by atoms with Crippen molar-refractivity contribution in [3.8, 4) is 23.0 Å². The number of ether oxygens (including phenoxy) is 2. The minimum absolute atomic E-state index is 0.000639. The first-order chi connectivity index (χ1) is 14.5. The molecule has 2 aliphatic rings. The van der Waals surface area contributed by atoms with Crippen molar-refractivity contribution in [1.29, 1.82) is 0 Å². The van der Waals surface area contributed by atoms with Gasteiger partial charge in [0.25, 0.3) is 5.91 Å². The van der Waals surface area contributed by atoms with Crippen molar-refractivity contribution >= 4 is 15.7 Å². The molecule has 0 spiro atoms. The van der Waals surface area contributed by atoms with Crippen molar-refractivity contribution in [2.24, 2.45) is 0 Å². The number of carbonyl (C=O) groups excluding carboxylic acids is 1. The van der Waals surface area contributed by atoms with Crippen LogP contribution in [0.3, 0.4) is 0 Å². The van der Waals surface area contributed by atoms with E-state index < -0.39 is 9.84 Å². The van der Waals surface area contributed by atoms with E-state index in [-0.39, 0.29) is 42.5 Å². The second kappa shape index (κ2) is 7.21. The third kappa shape index (κ3) is 3.54. The molecule has 1 N–H and O–H groups in total. The van der Waals surface area contributed by atoms with E-state index in [9.17, 15) is 13.2 Å². The zero-order chi connectivity index (χ0) is 20.7. The molecule has 1 unspecified atom stereocenters. The highest BCUT2D eigenvalue weighted by molar-refractivity contribution is 7.91. The average molecular weight is 429 g/mol. The highest BCUT2D eigenvalue weighted by Gasteiger charge is 2.32. The Bertz CT molecular complexity index is 1200. The number of rotatable bonds is 5. The molecule has 1 amide bonds. The third-order valence-corrected chi connectivity index (χ3v) is 6.94. The van der Waals surface area contributed by atoms with Crippen LogP contribution in [-0.2, 0) is 16.4 Å². The highest BCUT2D eigenvalue weighted by atomic mass is 32.2. The van der Waals surface area contributed by atoms with Crippen LogP contribution in [0, 0.1) is 0 Å². The summed E-state index contributed by atoms with van der Waals surface area (Å²) in [5.74, 6) is 1.61. The summed E-state index contributed by atoms with van der Waals surface area (Å²) >= 11 is 0. The molecule has 1 aromatic carbocycles. The summed E-state index contributed by atoms with van der Waals surface area (Å²) in [6.45, 7) is 0.477. The zero-order valence-corrected chi connectivity index (χ0v) is 16.7. The van der Waals surface area contributed by atoms with Crippen LogP contribution < -0.4 is 14.8 Å². The van der Waals surface area contributed by atoms with E-state index >= 15 is 0 Å². The Hall–Kier alpha value is -3.27. The van der Waals surface area contributed by atoms with Gasteiger partial charge in [-0.2, -0.15) is 5.10 Å². The van der Waals surface area contributed by atoms with Gasteiger partial charge in [-0.15, -0.1) is 0 Å². The lowest BCUT2D eigenvalue weighted by Gasteiger charge is -2.11. The van der Waals surface area contributed by atoms with E-state index in [0.717, 1.165) is 5.56 Å². The number of carbonyl (C=O) groups is 1. The number of fused-ring (bicyclic) bond motifs is 1. The van der Waals surface area contributed by atoms with E-state index in [1.807, 2.05) is 12.1 Å². The Balaban J connectivity index is 1.37. The molecule has 0 radical (unpaired) electrons. The Morgan fingerprint density at radius 3 is 2.83 bits per heavy atom. The van der Waals surface area contributed by atoms with Crippen LogP contribution in [0.5, 0.6) is 11.5 Å². The molecule has 9 nitrogen and oxygen atoms in total. The quantitative estimate of drug-likeness (QED) is 0.661. The standard InChI is InChI=1S/C20H19N3O6S/c24-20(21-10-13-3-4-18-19(8-13)29-12-28-18)15-9-16(17-2-1-6-27-17)23(22-15)14-5-7-30(25,26)11-14/h1-4,6,8-9,14H,5,7,10-12H2,(H,21,24). The normalized spacial score (nSPS) is 19.1. The number of furan rings is 1. The van der Waals surface area contributed by atoms with Crippen LogP contribution in [0.1, 0.15) is 28.5 Å². The predicted molar refractivity (Wildman–Crippen MR) is 106 cm³/mol. The second-order valence-electron chi connectivity index (χ2n) is 7.26. The molecule has 2 aliphatic heterocycles. The van der Waals surface area contributed by atoms with Gasteiger partial charge in [-0.3, -0.25) is 9.48 Å². The molecule has 1 atom stereocenters. The number of hydrogen-bond donors (Lipinski definition) is 1. The van der Waals surface area contributed by atoms with Crippen LogP contribution in [-0.4, -0.2) is 42.4 Å². The molecule has 0 aliphatic carbocycles. The van der Waals surface area contributed by atoms with Gasteiger partial charge in [0.15, 0.2) is 32.8 Å². The lowest BCUT2D eigenvalue weighted by atomic mass is 10.2. The molecule has 3 aromatic rings. The summed E-state index contributed by atoms with van der Waals surface area (Å²) in [5, 5.41) is 7.26. The minimum atomic E-state index is -3.11. The van der Waals surface area contributed by atoms with E-state index in [1.165, 1.54) is 6.26 Å². The van der Waals surface area contributed by atoms with E-state index in [2.05, 4.69) is 10.4 Å². The average Bonchev–Trinajstić information content (AvgIpc) is 3.50. The SMILES string of the molecule is O=C(NCc1ccc2c(c1)OCO2)c1cc(-c2ccco2)n(C2CCS(=O)(=O)C2)n1. The molecule has 0 bridgehead atoms. The molecule has 10 heteroatoms. The largest absolute Gasteiger partial charge is 0.463 e. The molecule has 156 valence electrons. The first kappa shape index (κ1) is 18.7. The van der Waals surface area contributed by atoms with Gasteiger partial charge in [0.1, 0.15) is 5.69 Å². The molecule has 30 heavy (non-hydrogen) atoms. The fourth-order valence-corrected chi connectivity index (χ4v) is 5.38. The van der Waals surface area contributed by atoms with Crippen molar-refractivity contribution in [3.63, 3.8) is 0 Å². The smallest absolute Gasteiger partial charge is 0.272 e. The highest BCUT2D eigenvalue weighted by Crippen LogP contribution is 2.33. The van der Waals surface area contributed by atoms with Gasteiger partial charge in [-0.05, 0) is 36.2 Å². The fraction of sp³-hybridized carbons (Fsp3) is 0.300. The van der Waals surface area contributed by atoms with Gasteiger partial charge < -0.3 is 19.2 Å². The Kier molecular flexibility index (Phi) is 4.50. The number of amides is 1. The molecule has 1 fully saturated rings. The maximum atomic E-state index is 12.7. The Morgan fingerprint density at radius 2 is 2.07 bits per heavy atom. The van der Waals surface area contributed by atoms with E-state index in [4.69, 9.17) is 13.9 Å². The van der Waals surface area contributed by atoms with E-state index in [1.54, 1.807) is 28.9 Å². The summed E-state index contributed by atoms with van der Waals surface area (Å²) in [5.41, 5.74) is 1.64. The summed E-state index contributed by atoms with van der Waals surface area (Å²) in [4.78, 5) is 12.7. The molecule has 5 rings (SSSR count). The van der Waals surface area contributed by atoms with Crippen LogP contribution in [0.4, 0.5) is 0 Å². The number of benzene rings is 1. The van der Waals surface area contributed by atoms with Crippen LogP contribution >= 0.6 is 0 Å². The third-order valence-electron chi connectivity index (χ3n) is 5.19. The maximum Gasteiger partial charge on any atom is 0.272 e. The van der Waals surface area contributed by atoms with Crippen LogP contribution in [0.2, 0.25) is 0 Å². The van der Waals surface area contributed by atoms with Crippen molar-refractivity contribution in [1.82, 2.24) is 15.1 Å². The molecule has 0 saturated carbocycles. The first-order valence-electron chi connectivity index (χ1n) is 9.49. The van der Waals surface area contributed by atoms with Gasteiger partial charge in [0.05, 0.1) is 23.8 Å². The number of nitrogens with one attached hydrogen (secondary N) is 1. The summed E-state index contributed by atoms with van der Waals surface area (Å²) < 4.78 is 41.6. The van der Waals surface area contributed by atoms with E-state index in [0.29, 0.717) is 29.4 Å². The Morgan fingerprint density at radius 1 is 1.20 bits per heavy atom. The number of nitrogens with zero attached hydrogens (tertiary/aromatic N) is 2. The van der Waals surface area contributed by atoms with Crippen LogP contribution in [0.15, 0.2) is 47.1 Å². The predicted octanol–water partition coefficient (Wildman–Crippen LogP) is 2.16. The fourth-order valence-electron chi connectivity index (χ4n) is 3.68. The van der Waals surface area contributed by atoms with Gasteiger partial charge in [0, 0.05) is 12.6 Å². The lowest BCUT2D eigenvalue weighted by molar-refractivity contribution is 0.0944. The van der Waals surface area contributed by atoms with Gasteiger partial charge in [-0.1, -0.05) is 6.07 Å². The van der Waals surface area contributed by atoms with Gasteiger partial charge in [-0.25, -0.2) is 8.42 Å². The number of sulfone groups is 1. The van der Waals surface area contributed by atoms with Gasteiger partial charge in [0.2, 0.25) is 6.79 Å². The molecule has 2 aromatic heterocycles. The lowest BCUT2D eigenvalue weighted by Crippen LogP contribution is -2.24. The minimum Gasteiger partial charge on any atom is -0.463 e. The Labute approximate surface area is 172 Å². The molecular formula is C20H19N3O6S. The molecule has 1 saturated heterocycles. The van der Waals surface area contributed by atoms with Crippen molar-refractivity contribution < 1.29 is 27.1 Å². The maximum absolute atomic E-state index is 12.7. The zero-order valence-electron chi connectivity index (χ0n) is 15.9. The number of aromatic nitrogens is 2. The molecule has 4 heterocycles. The molecular weight excluding hydrogens is 410 g/mol.